The summed E-state index contributed by atoms with van der Waals surface area (Å²) in [5.74, 6) is 0. The summed E-state index contributed by atoms with van der Waals surface area (Å²) in [4.78, 5) is 12.3. The summed E-state index contributed by atoms with van der Waals surface area (Å²) in [7, 11) is -4.06. The smallest absolute Gasteiger partial charge is 0.290 e. The predicted octanol–water partition coefficient (Wildman–Crippen LogP) is 3.36. The Hall–Kier alpha value is -2.00. The minimum atomic E-state index is -4.06. The molecule has 3 rings (SSSR count). The van der Waals surface area contributed by atoms with Crippen LogP contribution < -0.4 is 4.72 Å². The van der Waals surface area contributed by atoms with E-state index < -0.39 is 20.6 Å². The molecule has 1 fully saturated rings. The summed E-state index contributed by atoms with van der Waals surface area (Å²) < 4.78 is 28.0. The van der Waals surface area contributed by atoms with Gasteiger partial charge in [-0.05, 0) is 43.6 Å². The molecule has 1 atom stereocenters. The normalized spacial score (nSPS) is 16.3. The van der Waals surface area contributed by atoms with Crippen molar-refractivity contribution in [2.45, 2.75) is 23.8 Å². The lowest BCUT2D eigenvalue weighted by Crippen LogP contribution is -2.37. The van der Waals surface area contributed by atoms with Gasteiger partial charge < -0.3 is 0 Å². The minimum Gasteiger partial charge on any atom is -0.295 e. The summed E-state index contributed by atoms with van der Waals surface area (Å²) in [6, 6.07) is 13.1. The fraction of sp³-hybridized carbons (Fsp3) is 0.333. The number of nitrogens with zero attached hydrogens (tertiary/aromatic N) is 2. The number of nitro benzene ring substituents is 1. The molecule has 0 spiro atoms. The van der Waals surface area contributed by atoms with E-state index in [9.17, 15) is 18.5 Å². The topological polar surface area (TPSA) is 92.5 Å². The van der Waals surface area contributed by atoms with Crippen molar-refractivity contribution >= 4 is 27.3 Å². The van der Waals surface area contributed by atoms with Gasteiger partial charge in [-0.1, -0.05) is 41.9 Å². The number of hydrogen-bond acceptors (Lipinski definition) is 5. The molecule has 9 heteroatoms. The van der Waals surface area contributed by atoms with Crippen LogP contribution in [0.15, 0.2) is 53.4 Å². The van der Waals surface area contributed by atoms with Crippen LogP contribution in [0.5, 0.6) is 0 Å². The third kappa shape index (κ3) is 4.65. The van der Waals surface area contributed by atoms with Gasteiger partial charge in [-0.25, -0.2) is 13.1 Å². The lowest BCUT2D eigenvalue weighted by Gasteiger charge is -2.28. The van der Waals surface area contributed by atoms with Crippen LogP contribution >= 0.6 is 11.6 Å². The second-order valence-corrected chi connectivity index (χ2v) is 8.56. The Morgan fingerprint density at radius 3 is 2.44 bits per heavy atom. The SMILES string of the molecule is O=[N+]([O-])c1cc(Cl)ccc1S(=O)(=O)NCC(c1ccccc1)N1CCCC1. The van der Waals surface area contributed by atoms with Gasteiger partial charge in [-0.3, -0.25) is 15.0 Å². The highest BCUT2D eigenvalue weighted by molar-refractivity contribution is 7.89. The van der Waals surface area contributed by atoms with Crippen molar-refractivity contribution in [3.63, 3.8) is 0 Å². The van der Waals surface area contributed by atoms with Gasteiger partial charge >= 0.3 is 0 Å². The molecule has 27 heavy (non-hydrogen) atoms. The summed E-state index contributed by atoms with van der Waals surface area (Å²) in [5.41, 5.74) is 0.472. The van der Waals surface area contributed by atoms with E-state index in [1.807, 2.05) is 30.3 Å². The summed E-state index contributed by atoms with van der Waals surface area (Å²) in [6.07, 6.45) is 2.14. The summed E-state index contributed by atoms with van der Waals surface area (Å²) >= 11 is 5.78. The van der Waals surface area contributed by atoms with E-state index in [1.165, 1.54) is 6.07 Å². The molecule has 1 saturated heterocycles. The van der Waals surface area contributed by atoms with Crippen LogP contribution in [0.4, 0.5) is 5.69 Å². The predicted molar refractivity (Wildman–Crippen MR) is 103 cm³/mol. The van der Waals surface area contributed by atoms with E-state index in [0.717, 1.165) is 43.6 Å². The van der Waals surface area contributed by atoms with E-state index in [-0.39, 0.29) is 22.5 Å². The molecule has 0 aliphatic carbocycles. The molecule has 0 aromatic heterocycles. The Kier molecular flexibility index (Phi) is 6.11. The highest BCUT2D eigenvalue weighted by Crippen LogP contribution is 2.28. The number of halogens is 1. The fourth-order valence-corrected chi connectivity index (χ4v) is 4.67. The van der Waals surface area contributed by atoms with Crippen LogP contribution in [-0.2, 0) is 10.0 Å². The average Bonchev–Trinajstić information content (AvgIpc) is 3.17. The van der Waals surface area contributed by atoms with Gasteiger partial charge in [0.2, 0.25) is 10.0 Å². The first kappa shape index (κ1) is 19.8. The lowest BCUT2D eigenvalue weighted by atomic mass is 10.1. The van der Waals surface area contributed by atoms with Crippen molar-refractivity contribution in [1.82, 2.24) is 9.62 Å². The van der Waals surface area contributed by atoms with E-state index in [0.29, 0.717) is 0 Å². The Balaban J connectivity index is 1.85. The molecule has 1 aliphatic rings. The molecule has 0 radical (unpaired) electrons. The molecule has 1 unspecified atom stereocenters. The van der Waals surface area contributed by atoms with Crippen LogP contribution in [0.1, 0.15) is 24.4 Å². The number of nitro groups is 1. The molecular formula is C18H20ClN3O4S. The Morgan fingerprint density at radius 2 is 1.81 bits per heavy atom. The second-order valence-electron chi connectivity index (χ2n) is 6.39. The third-order valence-corrected chi connectivity index (χ3v) is 6.35. The monoisotopic (exact) mass is 409 g/mol. The zero-order valence-electron chi connectivity index (χ0n) is 14.5. The number of benzene rings is 2. The van der Waals surface area contributed by atoms with E-state index in [4.69, 9.17) is 11.6 Å². The summed E-state index contributed by atoms with van der Waals surface area (Å²) in [6.45, 7) is 1.91. The van der Waals surface area contributed by atoms with Crippen molar-refractivity contribution in [3.8, 4) is 0 Å². The Labute approximate surface area is 163 Å². The summed E-state index contributed by atoms with van der Waals surface area (Å²) in [5, 5.41) is 11.3. The zero-order valence-corrected chi connectivity index (χ0v) is 16.1. The van der Waals surface area contributed by atoms with Crippen LogP contribution in [0.25, 0.3) is 0 Å². The molecule has 0 bridgehead atoms. The van der Waals surface area contributed by atoms with Crippen LogP contribution in [0.2, 0.25) is 5.02 Å². The van der Waals surface area contributed by atoms with Crippen molar-refractivity contribution in [2.24, 2.45) is 0 Å². The Morgan fingerprint density at radius 1 is 1.15 bits per heavy atom. The molecule has 7 nitrogen and oxygen atoms in total. The first-order chi connectivity index (χ1) is 12.9. The van der Waals surface area contributed by atoms with Gasteiger partial charge in [-0.15, -0.1) is 0 Å². The third-order valence-electron chi connectivity index (χ3n) is 4.64. The van der Waals surface area contributed by atoms with Crippen LogP contribution in [0, 0.1) is 10.1 Å². The maximum Gasteiger partial charge on any atom is 0.290 e. The molecule has 2 aromatic carbocycles. The highest BCUT2D eigenvalue weighted by atomic mass is 35.5. The minimum absolute atomic E-state index is 0.111. The number of hydrogen-bond donors (Lipinski definition) is 1. The maximum atomic E-state index is 12.7. The largest absolute Gasteiger partial charge is 0.295 e. The number of sulfonamides is 1. The van der Waals surface area contributed by atoms with E-state index in [2.05, 4.69) is 9.62 Å². The van der Waals surface area contributed by atoms with Crippen LogP contribution in [0.3, 0.4) is 0 Å². The molecular weight excluding hydrogens is 390 g/mol. The van der Waals surface area contributed by atoms with Crippen molar-refractivity contribution in [3.05, 3.63) is 69.2 Å². The van der Waals surface area contributed by atoms with Gasteiger partial charge in [0.05, 0.1) is 4.92 Å². The van der Waals surface area contributed by atoms with Gasteiger partial charge in [0, 0.05) is 23.7 Å². The molecule has 2 aromatic rings. The number of nitrogens with one attached hydrogen (secondary N) is 1. The van der Waals surface area contributed by atoms with E-state index in [1.54, 1.807) is 0 Å². The van der Waals surface area contributed by atoms with Crippen LogP contribution in [-0.4, -0.2) is 37.9 Å². The maximum absolute atomic E-state index is 12.7. The Bertz CT molecular complexity index is 915. The highest BCUT2D eigenvalue weighted by Gasteiger charge is 2.29. The molecule has 0 amide bonds. The van der Waals surface area contributed by atoms with Gasteiger partial charge in [0.1, 0.15) is 0 Å². The molecule has 0 saturated carbocycles. The van der Waals surface area contributed by atoms with Crippen molar-refractivity contribution in [2.75, 3.05) is 19.6 Å². The van der Waals surface area contributed by atoms with Crippen molar-refractivity contribution in [1.29, 1.82) is 0 Å². The molecule has 1 N–H and O–H groups in total. The quantitative estimate of drug-likeness (QED) is 0.559. The van der Waals surface area contributed by atoms with Gasteiger partial charge in [0.15, 0.2) is 4.90 Å². The van der Waals surface area contributed by atoms with Crippen molar-refractivity contribution < 1.29 is 13.3 Å². The van der Waals surface area contributed by atoms with Gasteiger partial charge in [-0.2, -0.15) is 0 Å². The molecule has 144 valence electrons. The molecule has 1 heterocycles. The zero-order chi connectivity index (χ0) is 19.4. The fourth-order valence-electron chi connectivity index (χ4n) is 3.31. The lowest BCUT2D eigenvalue weighted by molar-refractivity contribution is -0.387. The number of likely N-dealkylation sites (tertiary alicyclic amines) is 1. The number of rotatable bonds is 7. The average molecular weight is 410 g/mol. The van der Waals surface area contributed by atoms with Gasteiger partial charge in [0.25, 0.3) is 5.69 Å². The standard InChI is InChI=1S/C18H20ClN3O4S/c19-15-8-9-18(16(12-15)22(23)24)27(25,26)20-13-17(21-10-4-5-11-21)14-6-2-1-3-7-14/h1-3,6-9,12,17,20H,4-5,10-11,13H2. The second kappa shape index (κ2) is 8.35. The van der Waals surface area contributed by atoms with E-state index >= 15 is 0 Å². The first-order valence-electron chi connectivity index (χ1n) is 8.61. The molecule has 1 aliphatic heterocycles. The first-order valence-corrected chi connectivity index (χ1v) is 10.5.